The molecule has 10 nitrogen and oxygen atoms in total. The maximum atomic E-state index is 12.8. The molecule has 10 heteroatoms. The molecule has 0 bridgehead atoms. The summed E-state index contributed by atoms with van der Waals surface area (Å²) >= 11 is 0. The van der Waals surface area contributed by atoms with Gasteiger partial charge in [0.1, 0.15) is 28.7 Å². The molecule has 4 aromatic rings. The van der Waals surface area contributed by atoms with Crippen LogP contribution in [0.1, 0.15) is 61.7 Å². The van der Waals surface area contributed by atoms with E-state index in [1.54, 1.807) is 30.3 Å². The van der Waals surface area contributed by atoms with Crippen molar-refractivity contribution in [3.63, 3.8) is 0 Å². The first-order valence-electron chi connectivity index (χ1n) is 17.4. The van der Waals surface area contributed by atoms with Crippen LogP contribution in [0.25, 0.3) is 10.8 Å². The van der Waals surface area contributed by atoms with Gasteiger partial charge in [-0.25, -0.2) is 9.59 Å². The lowest BCUT2D eigenvalue weighted by Gasteiger charge is -2.11. The smallest absolute Gasteiger partial charge is 0.343 e. The van der Waals surface area contributed by atoms with E-state index in [0.717, 1.165) is 74.0 Å². The van der Waals surface area contributed by atoms with Crippen LogP contribution in [0.4, 0.5) is 0 Å². The highest BCUT2D eigenvalue weighted by Gasteiger charge is 2.10. The molecule has 0 aliphatic heterocycles. The number of esters is 2. The third-order valence-electron chi connectivity index (χ3n) is 7.67. The van der Waals surface area contributed by atoms with Gasteiger partial charge < -0.3 is 33.3 Å². The van der Waals surface area contributed by atoms with Gasteiger partial charge in [0.25, 0.3) is 0 Å². The molecule has 0 aliphatic carbocycles. The lowest BCUT2D eigenvalue weighted by Crippen LogP contribution is -2.08. The molecule has 0 amide bonds. The number of benzene rings is 4. The Morgan fingerprint density at radius 1 is 0.577 bits per heavy atom. The minimum atomic E-state index is -0.457. The Hall–Kier alpha value is -5.70. The molecule has 0 heterocycles. The number of rotatable bonds is 25. The quantitative estimate of drug-likeness (QED) is 0.00760. The fourth-order valence-electron chi connectivity index (χ4n) is 4.91. The summed E-state index contributed by atoms with van der Waals surface area (Å²) in [6.45, 7) is 8.93. The molecule has 52 heavy (non-hydrogen) atoms. The van der Waals surface area contributed by atoms with Crippen molar-refractivity contribution >= 4 is 22.7 Å². The number of unbranched alkanes of at least 4 members (excludes halogenated alkanes) is 6. The first kappa shape index (κ1) is 39.1. The summed E-state index contributed by atoms with van der Waals surface area (Å²) in [4.78, 5) is 33.5. The molecule has 0 aliphatic rings. The summed E-state index contributed by atoms with van der Waals surface area (Å²) in [6.07, 6.45) is 9.96. The van der Waals surface area contributed by atoms with E-state index in [4.69, 9.17) is 38.2 Å². The molecular weight excluding hydrogens is 664 g/mol. The van der Waals surface area contributed by atoms with Gasteiger partial charge in [-0.15, -0.1) is 0 Å². The molecule has 0 atom stereocenters. The van der Waals surface area contributed by atoms with Crippen LogP contribution >= 0.6 is 0 Å². The minimum absolute atomic E-state index is 0.0421. The van der Waals surface area contributed by atoms with Gasteiger partial charge in [0.2, 0.25) is 6.79 Å². The van der Waals surface area contributed by atoms with Crippen LogP contribution in [-0.2, 0) is 19.3 Å². The van der Waals surface area contributed by atoms with E-state index >= 15 is 0 Å². The van der Waals surface area contributed by atoms with Crippen LogP contribution in [0.3, 0.4) is 0 Å². The van der Waals surface area contributed by atoms with Crippen LogP contribution in [0.15, 0.2) is 116 Å². The van der Waals surface area contributed by atoms with Crippen LogP contribution in [-0.4, -0.2) is 45.2 Å². The Bertz CT molecular complexity index is 1730. The number of carbonyl (C=O) groups excluding carboxylic acids is 2. The Kier molecular flexibility index (Phi) is 17.2. The summed E-state index contributed by atoms with van der Waals surface area (Å²) < 4.78 is 33.8. The average molecular weight is 711 g/mol. The maximum Gasteiger partial charge on any atom is 0.343 e. The average Bonchev–Trinajstić information content (AvgIpc) is 3.17. The normalized spacial score (nSPS) is 10.5. The summed E-state index contributed by atoms with van der Waals surface area (Å²) in [7, 11) is 0. The Balaban J connectivity index is 1.11. The van der Waals surface area contributed by atoms with Crippen molar-refractivity contribution in [1.82, 2.24) is 0 Å². The SMILES string of the molecule is C=C=COOCCCCCCOc1ccc(OCOc2ccc3cc(OC(=O)c4ccc(OCCCCCCOC(=O)C=C)cc4)ccc3c2)cc1. The Morgan fingerprint density at radius 3 is 1.69 bits per heavy atom. The van der Waals surface area contributed by atoms with Crippen LogP contribution in [0.5, 0.6) is 28.7 Å². The highest BCUT2D eigenvalue weighted by molar-refractivity contribution is 5.92. The first-order chi connectivity index (χ1) is 25.5. The summed E-state index contributed by atoms with van der Waals surface area (Å²) in [6, 6.07) is 25.4. The van der Waals surface area contributed by atoms with Crippen molar-refractivity contribution in [1.29, 1.82) is 0 Å². The number of carbonyl (C=O) groups is 2. The number of fused-ring (bicyclic) bond motifs is 1. The molecule has 0 spiro atoms. The van der Waals surface area contributed by atoms with Gasteiger partial charge in [0.05, 0.1) is 32.0 Å². The van der Waals surface area contributed by atoms with Gasteiger partial charge in [0.15, 0.2) is 6.26 Å². The van der Waals surface area contributed by atoms with E-state index in [2.05, 4.69) is 18.9 Å². The Morgan fingerprint density at radius 2 is 1.08 bits per heavy atom. The van der Waals surface area contributed by atoms with Crippen molar-refractivity contribution < 1.29 is 47.8 Å². The zero-order valence-electron chi connectivity index (χ0n) is 29.4. The summed E-state index contributed by atoms with van der Waals surface area (Å²) in [5.41, 5.74) is 2.90. The predicted octanol–water partition coefficient (Wildman–Crippen LogP) is 9.33. The van der Waals surface area contributed by atoms with Crippen molar-refractivity contribution in [2.75, 3.05) is 33.2 Å². The third kappa shape index (κ3) is 14.6. The monoisotopic (exact) mass is 710 g/mol. The zero-order chi connectivity index (χ0) is 36.6. The summed E-state index contributed by atoms with van der Waals surface area (Å²) in [5.74, 6) is 2.37. The third-order valence-corrected chi connectivity index (χ3v) is 7.67. The highest BCUT2D eigenvalue weighted by atomic mass is 17.2. The van der Waals surface area contributed by atoms with E-state index in [1.165, 1.54) is 6.26 Å². The van der Waals surface area contributed by atoms with Gasteiger partial charge in [0, 0.05) is 6.08 Å². The minimum Gasteiger partial charge on any atom is -0.494 e. The zero-order valence-corrected chi connectivity index (χ0v) is 29.4. The van der Waals surface area contributed by atoms with E-state index in [1.807, 2.05) is 54.6 Å². The molecule has 0 unspecified atom stereocenters. The molecule has 4 aromatic carbocycles. The van der Waals surface area contributed by atoms with Gasteiger partial charge in [-0.1, -0.05) is 37.4 Å². The largest absolute Gasteiger partial charge is 0.494 e. The molecule has 0 fully saturated rings. The second kappa shape index (κ2) is 22.9. The van der Waals surface area contributed by atoms with E-state index in [9.17, 15) is 9.59 Å². The van der Waals surface area contributed by atoms with Crippen LogP contribution in [0, 0.1) is 0 Å². The number of hydrogen-bond acceptors (Lipinski definition) is 10. The molecule has 4 rings (SSSR count). The number of hydrogen-bond donors (Lipinski definition) is 0. The molecule has 0 saturated carbocycles. The molecule has 0 aromatic heterocycles. The lowest BCUT2D eigenvalue weighted by atomic mass is 10.1. The number of ether oxygens (including phenoxy) is 6. The van der Waals surface area contributed by atoms with Crippen molar-refractivity contribution in [3.8, 4) is 28.7 Å². The van der Waals surface area contributed by atoms with Crippen LogP contribution in [0.2, 0.25) is 0 Å². The molecule has 274 valence electrons. The summed E-state index contributed by atoms with van der Waals surface area (Å²) in [5, 5.41) is 1.83. The second-order valence-corrected chi connectivity index (χ2v) is 11.6. The maximum absolute atomic E-state index is 12.8. The highest BCUT2D eigenvalue weighted by Crippen LogP contribution is 2.26. The second-order valence-electron chi connectivity index (χ2n) is 11.6. The lowest BCUT2D eigenvalue weighted by molar-refractivity contribution is -0.248. The van der Waals surface area contributed by atoms with Gasteiger partial charge in [-0.2, -0.15) is 4.89 Å². The first-order valence-corrected chi connectivity index (χ1v) is 17.4. The Labute approximate surface area is 305 Å². The fraction of sp³-hybridized carbons (Fsp3) is 0.310. The molecule has 0 radical (unpaired) electrons. The molecule has 0 N–H and O–H groups in total. The predicted molar refractivity (Wildman–Crippen MR) is 198 cm³/mol. The standard InChI is InChI=1S/C42H46O10/c1-3-25-50-51-29-12-8-7-10-27-46-37-21-23-38(24-22-37)48-32-49-39-19-15-35-31-40(20-16-34(35)30-39)52-42(44)33-13-17-36(18-14-33)45-26-9-5-6-11-28-47-41(43)4-2/h4,13-25,30-31H,1-2,5-12,26-29,32H2. The molecular formula is C42H46O10. The van der Waals surface area contributed by atoms with E-state index < -0.39 is 11.9 Å². The van der Waals surface area contributed by atoms with Gasteiger partial charge in [-0.3, -0.25) is 0 Å². The van der Waals surface area contributed by atoms with Crippen molar-refractivity contribution in [3.05, 3.63) is 122 Å². The fourth-order valence-corrected chi connectivity index (χ4v) is 4.91. The van der Waals surface area contributed by atoms with Gasteiger partial charge in [-0.05, 0) is 129 Å². The van der Waals surface area contributed by atoms with Gasteiger partial charge >= 0.3 is 11.9 Å². The van der Waals surface area contributed by atoms with E-state index in [-0.39, 0.29) is 6.79 Å². The molecule has 0 saturated heterocycles. The van der Waals surface area contributed by atoms with Crippen LogP contribution < -0.4 is 23.7 Å². The van der Waals surface area contributed by atoms with Crippen molar-refractivity contribution in [2.45, 2.75) is 51.4 Å². The van der Waals surface area contributed by atoms with Crippen molar-refractivity contribution in [2.24, 2.45) is 0 Å². The topological polar surface area (TPSA) is 108 Å². The van der Waals surface area contributed by atoms with E-state index in [0.29, 0.717) is 55.0 Å².